The molecule has 0 radical (unpaired) electrons. The van der Waals surface area contributed by atoms with Crippen LogP contribution in [0.15, 0.2) is 0 Å². The minimum atomic E-state index is -0.254. The van der Waals surface area contributed by atoms with E-state index in [9.17, 15) is 4.79 Å². The number of rotatable bonds is 3. The van der Waals surface area contributed by atoms with Gasteiger partial charge in [0.2, 0.25) is 0 Å². The third-order valence-corrected chi connectivity index (χ3v) is 4.45. The van der Waals surface area contributed by atoms with E-state index in [2.05, 4.69) is 5.32 Å². The second-order valence-corrected chi connectivity index (χ2v) is 5.27. The molecule has 0 bridgehead atoms. The first-order valence-electron chi connectivity index (χ1n) is 6.21. The van der Waals surface area contributed by atoms with Crippen LogP contribution in [0.2, 0.25) is 0 Å². The zero-order valence-corrected chi connectivity index (χ0v) is 9.29. The van der Waals surface area contributed by atoms with Crippen LogP contribution in [0.25, 0.3) is 0 Å². The number of carbonyl (C=O) groups excluding carboxylic acids is 1. The van der Waals surface area contributed by atoms with E-state index >= 15 is 0 Å². The second kappa shape index (κ2) is 3.21. The van der Waals surface area contributed by atoms with E-state index in [4.69, 9.17) is 4.74 Å². The van der Waals surface area contributed by atoms with E-state index in [0.29, 0.717) is 18.6 Å². The number of esters is 1. The van der Waals surface area contributed by atoms with E-state index in [0.717, 1.165) is 12.3 Å². The van der Waals surface area contributed by atoms with Gasteiger partial charge in [0.05, 0.1) is 6.61 Å². The number of fused-ring (bicyclic) bond motifs is 1. The fraction of sp³-hybridized carbons (Fsp3) is 0.917. The van der Waals surface area contributed by atoms with Crippen LogP contribution in [0.4, 0.5) is 0 Å². The maximum Gasteiger partial charge on any atom is 0.326 e. The predicted octanol–water partition coefficient (Wildman–Crippen LogP) is 1.47. The summed E-state index contributed by atoms with van der Waals surface area (Å²) in [5, 5.41) is 3.55. The van der Waals surface area contributed by atoms with Crippen molar-refractivity contribution in [1.29, 1.82) is 0 Å². The van der Waals surface area contributed by atoms with Gasteiger partial charge in [0.25, 0.3) is 0 Å². The molecule has 84 valence electrons. The molecule has 0 spiro atoms. The molecule has 15 heavy (non-hydrogen) atoms. The summed E-state index contributed by atoms with van der Waals surface area (Å²) in [5.41, 5.74) is -0.254. The third kappa shape index (κ3) is 1.32. The van der Waals surface area contributed by atoms with Crippen LogP contribution in [-0.2, 0) is 9.53 Å². The first-order chi connectivity index (χ1) is 7.26. The average molecular weight is 209 g/mol. The van der Waals surface area contributed by atoms with Gasteiger partial charge in [0.1, 0.15) is 5.54 Å². The average Bonchev–Trinajstić information content (AvgIpc) is 2.68. The van der Waals surface area contributed by atoms with Gasteiger partial charge in [-0.1, -0.05) is 6.42 Å². The van der Waals surface area contributed by atoms with E-state index < -0.39 is 0 Å². The molecule has 3 atom stereocenters. The topological polar surface area (TPSA) is 38.3 Å². The Labute approximate surface area is 90.6 Å². The van der Waals surface area contributed by atoms with E-state index in [1.807, 2.05) is 6.92 Å². The Morgan fingerprint density at radius 3 is 2.93 bits per heavy atom. The van der Waals surface area contributed by atoms with Crippen LogP contribution in [-0.4, -0.2) is 24.2 Å². The Morgan fingerprint density at radius 1 is 1.53 bits per heavy atom. The molecule has 0 aromatic carbocycles. The molecular weight excluding hydrogens is 190 g/mol. The lowest BCUT2D eigenvalue weighted by Gasteiger charge is -2.33. The van der Waals surface area contributed by atoms with E-state index in [1.165, 1.54) is 25.7 Å². The molecule has 0 aromatic heterocycles. The molecule has 3 aliphatic rings. The summed E-state index contributed by atoms with van der Waals surface area (Å²) in [7, 11) is 0. The van der Waals surface area contributed by atoms with Gasteiger partial charge in [-0.3, -0.25) is 10.1 Å². The van der Waals surface area contributed by atoms with Crippen molar-refractivity contribution < 1.29 is 9.53 Å². The summed E-state index contributed by atoms with van der Waals surface area (Å²) < 4.78 is 5.15. The molecule has 3 unspecified atom stereocenters. The fourth-order valence-corrected chi connectivity index (χ4v) is 3.21. The van der Waals surface area contributed by atoms with Crippen molar-refractivity contribution in [2.45, 2.75) is 50.6 Å². The minimum Gasteiger partial charge on any atom is -0.465 e. The molecule has 2 saturated carbocycles. The number of hydrogen-bond acceptors (Lipinski definition) is 3. The zero-order valence-electron chi connectivity index (χ0n) is 9.29. The Bertz CT molecular complexity index is 287. The molecule has 3 rings (SSSR count). The lowest BCUT2D eigenvalue weighted by atomic mass is 9.79. The smallest absolute Gasteiger partial charge is 0.326 e. The summed E-state index contributed by atoms with van der Waals surface area (Å²) >= 11 is 0. The molecule has 0 aromatic rings. The third-order valence-electron chi connectivity index (χ3n) is 4.45. The number of nitrogens with one attached hydrogen (secondary N) is 1. The van der Waals surface area contributed by atoms with Crippen LogP contribution in [0.1, 0.15) is 39.0 Å². The van der Waals surface area contributed by atoms with Gasteiger partial charge in [-0.25, -0.2) is 0 Å². The highest BCUT2D eigenvalue weighted by Gasteiger charge is 2.67. The van der Waals surface area contributed by atoms with Gasteiger partial charge < -0.3 is 4.74 Å². The van der Waals surface area contributed by atoms with Gasteiger partial charge >= 0.3 is 5.97 Å². The van der Waals surface area contributed by atoms with Crippen LogP contribution >= 0.6 is 0 Å². The number of hydrogen-bond donors (Lipinski definition) is 1. The quantitative estimate of drug-likeness (QED) is 0.715. The number of carbonyl (C=O) groups is 1. The summed E-state index contributed by atoms with van der Waals surface area (Å²) in [6.45, 7) is 2.38. The molecule has 1 heterocycles. The normalized spacial score (nSPS) is 43.3. The van der Waals surface area contributed by atoms with Crippen molar-refractivity contribution in [1.82, 2.24) is 5.32 Å². The molecule has 0 amide bonds. The molecule has 3 heteroatoms. The van der Waals surface area contributed by atoms with Crippen molar-refractivity contribution in [2.24, 2.45) is 11.8 Å². The van der Waals surface area contributed by atoms with Crippen molar-refractivity contribution in [2.75, 3.05) is 6.61 Å². The van der Waals surface area contributed by atoms with E-state index in [-0.39, 0.29) is 11.5 Å². The van der Waals surface area contributed by atoms with Crippen molar-refractivity contribution in [3.8, 4) is 0 Å². The minimum absolute atomic E-state index is 0.00294. The molecule has 2 aliphatic carbocycles. The Kier molecular flexibility index (Phi) is 2.06. The second-order valence-electron chi connectivity index (χ2n) is 5.27. The molecule has 3 nitrogen and oxygen atoms in total. The molecule has 1 N–H and O–H groups in total. The molecule has 1 aliphatic heterocycles. The predicted molar refractivity (Wildman–Crippen MR) is 56.4 cm³/mol. The van der Waals surface area contributed by atoms with Crippen LogP contribution in [0.3, 0.4) is 0 Å². The highest BCUT2D eigenvalue weighted by molar-refractivity contribution is 5.86. The molecular formula is C12H19NO2. The maximum atomic E-state index is 11.8. The van der Waals surface area contributed by atoms with Gasteiger partial charge in [0.15, 0.2) is 0 Å². The number of ether oxygens (including phenoxy) is 1. The van der Waals surface area contributed by atoms with Crippen LogP contribution in [0.5, 0.6) is 0 Å². The van der Waals surface area contributed by atoms with Crippen LogP contribution < -0.4 is 5.32 Å². The lowest BCUT2D eigenvalue weighted by Crippen LogP contribution is -2.46. The summed E-state index contributed by atoms with van der Waals surface area (Å²) in [6.07, 6.45) is 6.28. The van der Waals surface area contributed by atoms with Gasteiger partial charge in [-0.15, -0.1) is 0 Å². The maximum absolute atomic E-state index is 11.8. The fourth-order valence-electron chi connectivity index (χ4n) is 3.21. The highest BCUT2D eigenvalue weighted by atomic mass is 16.5. The SMILES string of the molecule is CCOC(=O)C12CC1CC(C1CCC1)N2. The first-order valence-corrected chi connectivity index (χ1v) is 6.21. The highest BCUT2D eigenvalue weighted by Crippen LogP contribution is 2.55. The lowest BCUT2D eigenvalue weighted by molar-refractivity contribution is -0.147. The summed E-state index contributed by atoms with van der Waals surface area (Å²) in [6, 6.07) is 0.599. The largest absolute Gasteiger partial charge is 0.465 e. The monoisotopic (exact) mass is 209 g/mol. The molecule has 3 fully saturated rings. The number of piperidine rings is 1. The standard InChI is InChI=1S/C12H19NO2/c1-2-15-11(14)12-7-9(12)6-10(13-12)8-4-3-5-8/h8-10,13H,2-7H2,1H3. The Morgan fingerprint density at radius 2 is 2.33 bits per heavy atom. The van der Waals surface area contributed by atoms with Gasteiger partial charge in [-0.05, 0) is 44.4 Å². The van der Waals surface area contributed by atoms with Crippen molar-refractivity contribution >= 4 is 5.97 Å². The van der Waals surface area contributed by atoms with Crippen molar-refractivity contribution in [3.63, 3.8) is 0 Å². The Balaban J connectivity index is 1.63. The van der Waals surface area contributed by atoms with Gasteiger partial charge in [-0.2, -0.15) is 0 Å². The summed E-state index contributed by atoms with van der Waals surface area (Å²) in [4.78, 5) is 11.8. The molecule has 1 saturated heterocycles. The van der Waals surface area contributed by atoms with E-state index in [1.54, 1.807) is 0 Å². The summed E-state index contributed by atoms with van der Waals surface area (Å²) in [5.74, 6) is 1.41. The first kappa shape index (κ1) is 9.64. The zero-order chi connectivity index (χ0) is 10.5. The van der Waals surface area contributed by atoms with Crippen LogP contribution in [0, 0.1) is 11.8 Å². The van der Waals surface area contributed by atoms with Crippen molar-refractivity contribution in [3.05, 3.63) is 0 Å². The van der Waals surface area contributed by atoms with Gasteiger partial charge in [0, 0.05) is 6.04 Å². The Hall–Kier alpha value is -0.570.